The van der Waals surface area contributed by atoms with Crippen molar-refractivity contribution in [2.24, 2.45) is 4.99 Å². The molecular weight excluding hydrogens is 579 g/mol. The van der Waals surface area contributed by atoms with Gasteiger partial charge in [-0.15, -0.1) is 11.8 Å². The van der Waals surface area contributed by atoms with Gasteiger partial charge in [0.05, 0.1) is 21.6 Å². The van der Waals surface area contributed by atoms with Gasteiger partial charge in [-0.3, -0.25) is 9.98 Å². The third kappa shape index (κ3) is 4.44. The zero-order valence-electron chi connectivity index (χ0n) is 25.7. The first kappa shape index (κ1) is 27.1. The fraction of sp³-hybridized carbons (Fsp3) is 0.0952. The summed E-state index contributed by atoms with van der Waals surface area (Å²) in [6, 6.07) is 46.5. The van der Waals surface area contributed by atoms with Crippen LogP contribution >= 0.6 is 11.8 Å². The SMILES string of the molecule is CC1(C)CSC(c2cncc(-c3cc4c(c5ccccc35)c3ccc(-c5ccc6ccccc6c5)cc3n4-c3ccccc3)c2)=N1. The first-order chi connectivity index (χ1) is 22.5. The maximum absolute atomic E-state index is 5.01. The third-order valence-corrected chi connectivity index (χ3v) is 10.6. The van der Waals surface area contributed by atoms with Gasteiger partial charge in [-0.25, -0.2) is 0 Å². The molecule has 46 heavy (non-hydrogen) atoms. The Kier molecular flexibility index (Phi) is 6.16. The van der Waals surface area contributed by atoms with E-state index in [2.05, 4.69) is 146 Å². The van der Waals surface area contributed by atoms with E-state index in [0.717, 1.165) is 27.6 Å². The molecule has 0 N–H and O–H groups in total. The maximum Gasteiger partial charge on any atom is 0.1000 e. The second-order valence-corrected chi connectivity index (χ2v) is 13.8. The first-order valence-corrected chi connectivity index (χ1v) is 16.7. The van der Waals surface area contributed by atoms with Crippen LogP contribution in [0.15, 0.2) is 145 Å². The van der Waals surface area contributed by atoms with E-state index in [-0.39, 0.29) is 5.54 Å². The molecule has 1 aliphatic heterocycles. The minimum atomic E-state index is -0.0517. The third-order valence-electron chi connectivity index (χ3n) is 9.13. The van der Waals surface area contributed by atoms with Crippen LogP contribution in [0.5, 0.6) is 0 Å². The highest BCUT2D eigenvalue weighted by molar-refractivity contribution is 8.14. The zero-order chi connectivity index (χ0) is 30.8. The van der Waals surface area contributed by atoms with Crippen LogP contribution in [-0.4, -0.2) is 25.9 Å². The van der Waals surface area contributed by atoms with Crippen molar-refractivity contribution >= 4 is 60.2 Å². The Morgan fingerprint density at radius 2 is 1.30 bits per heavy atom. The Balaban J connectivity index is 1.33. The van der Waals surface area contributed by atoms with Crippen molar-refractivity contribution < 1.29 is 0 Å². The summed E-state index contributed by atoms with van der Waals surface area (Å²) >= 11 is 1.82. The molecule has 0 amide bonds. The molecule has 4 heteroatoms. The average Bonchev–Trinajstić information content (AvgIpc) is 3.64. The molecule has 1 aliphatic rings. The minimum Gasteiger partial charge on any atom is -0.309 e. The smallest absolute Gasteiger partial charge is 0.1000 e. The molecule has 0 saturated carbocycles. The molecule has 3 heterocycles. The Bertz CT molecular complexity index is 2510. The van der Waals surface area contributed by atoms with E-state index in [0.29, 0.717) is 0 Å². The van der Waals surface area contributed by atoms with Crippen LogP contribution in [0.4, 0.5) is 0 Å². The molecular formula is C42H31N3S. The fourth-order valence-electron chi connectivity index (χ4n) is 6.96. The predicted molar refractivity (Wildman–Crippen MR) is 198 cm³/mol. The van der Waals surface area contributed by atoms with Gasteiger partial charge >= 0.3 is 0 Å². The van der Waals surface area contributed by atoms with Gasteiger partial charge in [0.1, 0.15) is 0 Å². The molecule has 0 saturated heterocycles. The van der Waals surface area contributed by atoms with E-state index in [1.165, 1.54) is 60.0 Å². The van der Waals surface area contributed by atoms with E-state index < -0.39 is 0 Å². The summed E-state index contributed by atoms with van der Waals surface area (Å²) in [5.74, 6) is 0.986. The number of para-hydroxylation sites is 1. The van der Waals surface area contributed by atoms with Crippen molar-refractivity contribution in [3.63, 3.8) is 0 Å². The average molecular weight is 610 g/mol. The number of nitrogens with zero attached hydrogens (tertiary/aromatic N) is 3. The van der Waals surface area contributed by atoms with E-state index >= 15 is 0 Å². The quantitative estimate of drug-likeness (QED) is 0.199. The Hall–Kier alpha value is -5.19. The predicted octanol–water partition coefficient (Wildman–Crippen LogP) is 11.1. The number of hydrogen-bond acceptors (Lipinski definition) is 3. The van der Waals surface area contributed by atoms with E-state index in [1.807, 2.05) is 24.2 Å². The van der Waals surface area contributed by atoms with Crippen molar-refractivity contribution in [1.29, 1.82) is 0 Å². The van der Waals surface area contributed by atoms with Gasteiger partial charge in [0.2, 0.25) is 0 Å². The molecule has 0 unspecified atom stereocenters. The molecule has 0 radical (unpaired) electrons. The van der Waals surface area contributed by atoms with Crippen LogP contribution in [0, 0.1) is 0 Å². The second-order valence-electron chi connectivity index (χ2n) is 12.8. The molecule has 3 nitrogen and oxygen atoms in total. The van der Waals surface area contributed by atoms with Crippen molar-refractivity contribution in [2.75, 3.05) is 5.75 Å². The summed E-state index contributed by atoms with van der Waals surface area (Å²) in [6.45, 7) is 4.39. The van der Waals surface area contributed by atoms with E-state index in [4.69, 9.17) is 9.98 Å². The number of aliphatic imine (C=N–C) groups is 1. The number of hydrogen-bond donors (Lipinski definition) is 0. The molecule has 0 aliphatic carbocycles. The first-order valence-electron chi connectivity index (χ1n) is 15.8. The largest absolute Gasteiger partial charge is 0.309 e. The molecule has 6 aromatic carbocycles. The van der Waals surface area contributed by atoms with Crippen molar-refractivity contribution in [1.82, 2.24) is 9.55 Å². The van der Waals surface area contributed by atoms with Crippen LogP contribution in [-0.2, 0) is 0 Å². The maximum atomic E-state index is 5.01. The lowest BCUT2D eigenvalue weighted by atomic mass is 9.94. The van der Waals surface area contributed by atoms with E-state index in [9.17, 15) is 0 Å². The van der Waals surface area contributed by atoms with Crippen LogP contribution in [0.3, 0.4) is 0 Å². The highest BCUT2D eigenvalue weighted by Gasteiger charge is 2.26. The van der Waals surface area contributed by atoms with Gasteiger partial charge in [-0.05, 0) is 88.5 Å². The van der Waals surface area contributed by atoms with Gasteiger partial charge in [0, 0.05) is 45.7 Å². The Labute approximate surface area is 272 Å². The molecule has 9 rings (SSSR count). The Morgan fingerprint density at radius 3 is 2.13 bits per heavy atom. The summed E-state index contributed by atoms with van der Waals surface area (Å²) in [4.78, 5) is 9.74. The van der Waals surface area contributed by atoms with Crippen LogP contribution in [0.1, 0.15) is 19.4 Å². The summed E-state index contributed by atoms with van der Waals surface area (Å²) in [5, 5.41) is 8.56. The molecule has 0 spiro atoms. The summed E-state index contributed by atoms with van der Waals surface area (Å²) in [6.07, 6.45) is 3.95. The van der Waals surface area contributed by atoms with Gasteiger partial charge in [0.25, 0.3) is 0 Å². The summed E-state index contributed by atoms with van der Waals surface area (Å²) in [7, 11) is 0. The lowest BCUT2D eigenvalue weighted by Gasteiger charge is -2.13. The molecule has 2 aromatic heterocycles. The number of benzene rings is 6. The highest BCUT2D eigenvalue weighted by Crippen LogP contribution is 2.43. The van der Waals surface area contributed by atoms with Gasteiger partial charge in [0.15, 0.2) is 0 Å². The van der Waals surface area contributed by atoms with Crippen molar-refractivity contribution in [3.05, 3.63) is 145 Å². The standard InChI is InChI=1S/C42H31N3S/c1-42(2)26-46-41(44-42)32-21-31(24-43-25-32)37-23-39-40(35-15-9-8-14-34(35)37)36-19-18-30(22-38(36)45(39)33-12-4-3-5-13-33)29-17-16-27-10-6-7-11-28(27)20-29/h3-25H,26H2,1-2H3. The number of rotatable bonds is 4. The summed E-state index contributed by atoms with van der Waals surface area (Å²) < 4.78 is 2.43. The van der Waals surface area contributed by atoms with Crippen molar-refractivity contribution in [3.8, 4) is 27.9 Å². The fourth-order valence-corrected chi connectivity index (χ4v) is 8.10. The second kappa shape index (κ2) is 10.4. The van der Waals surface area contributed by atoms with Crippen molar-refractivity contribution in [2.45, 2.75) is 19.4 Å². The molecule has 0 fully saturated rings. The zero-order valence-corrected chi connectivity index (χ0v) is 26.6. The number of aromatic nitrogens is 2. The lowest BCUT2D eigenvalue weighted by molar-refractivity contribution is 0.605. The monoisotopic (exact) mass is 609 g/mol. The molecule has 220 valence electrons. The summed E-state index contributed by atoms with van der Waals surface area (Å²) in [5.41, 5.74) is 9.26. The number of thioether (sulfide) groups is 1. The number of fused-ring (bicyclic) bond motifs is 6. The molecule has 0 atom stereocenters. The van der Waals surface area contributed by atoms with Gasteiger partial charge in [-0.1, -0.05) is 91.0 Å². The topological polar surface area (TPSA) is 30.2 Å². The number of pyridine rings is 1. The molecule has 0 bridgehead atoms. The van der Waals surface area contributed by atoms with Gasteiger partial charge in [-0.2, -0.15) is 0 Å². The Morgan fingerprint density at radius 1 is 0.587 bits per heavy atom. The lowest BCUT2D eigenvalue weighted by Crippen LogP contribution is -2.15. The minimum absolute atomic E-state index is 0.0517. The normalized spacial score (nSPS) is 14.4. The van der Waals surface area contributed by atoms with Crippen LogP contribution < -0.4 is 0 Å². The highest BCUT2D eigenvalue weighted by atomic mass is 32.2. The van der Waals surface area contributed by atoms with Gasteiger partial charge < -0.3 is 4.57 Å². The van der Waals surface area contributed by atoms with Crippen LogP contribution in [0.2, 0.25) is 0 Å². The molecule has 8 aromatic rings. The van der Waals surface area contributed by atoms with E-state index in [1.54, 1.807) is 0 Å². The van der Waals surface area contributed by atoms with Crippen LogP contribution in [0.25, 0.3) is 71.3 Å².